The van der Waals surface area contributed by atoms with Gasteiger partial charge in [-0.15, -0.1) is 0 Å². The molecule has 1 saturated heterocycles. The van der Waals surface area contributed by atoms with Gasteiger partial charge in [0, 0.05) is 11.9 Å². The Morgan fingerprint density at radius 3 is 2.54 bits per heavy atom. The molecule has 2 aliphatic heterocycles. The second-order valence-electron chi connectivity index (χ2n) is 6.38. The van der Waals surface area contributed by atoms with Crippen molar-refractivity contribution in [2.75, 3.05) is 6.54 Å². The molecule has 2 aliphatic rings. The zero-order valence-corrected chi connectivity index (χ0v) is 14.1. The van der Waals surface area contributed by atoms with E-state index in [0.29, 0.717) is 0 Å². The number of rotatable bonds is 3. The highest BCUT2D eigenvalue weighted by atomic mass is 16.2. The molecule has 124 valence electrons. The largest absolute Gasteiger partial charge is 0.345 e. The summed E-state index contributed by atoms with van der Waals surface area (Å²) in [7, 11) is 0. The maximum Gasteiger partial charge on any atom is 0.322 e. The van der Waals surface area contributed by atoms with Gasteiger partial charge in [0.2, 0.25) is 0 Å². The van der Waals surface area contributed by atoms with Crippen molar-refractivity contribution in [1.82, 2.24) is 15.5 Å². The first kappa shape index (κ1) is 16.1. The van der Waals surface area contributed by atoms with Gasteiger partial charge in [-0.05, 0) is 49.1 Å². The topological polar surface area (TPSA) is 61.4 Å². The van der Waals surface area contributed by atoms with Gasteiger partial charge in [-0.2, -0.15) is 0 Å². The van der Waals surface area contributed by atoms with Crippen molar-refractivity contribution in [3.05, 3.63) is 71.1 Å². The summed E-state index contributed by atoms with van der Waals surface area (Å²) < 4.78 is 0. The molecule has 1 aromatic rings. The second-order valence-corrected chi connectivity index (χ2v) is 6.38. The zero-order chi connectivity index (χ0) is 17.5. The number of allylic oxidation sites excluding steroid dienone is 3. The average Bonchev–Trinajstić information content (AvgIpc) is 2.81. The number of hydrogen-bond donors (Lipinski definition) is 2. The van der Waals surface area contributed by atoms with Crippen LogP contribution in [-0.2, 0) is 10.3 Å². The number of nitrogens with zero attached hydrogens (tertiary/aromatic N) is 1. The van der Waals surface area contributed by atoms with Crippen molar-refractivity contribution in [1.29, 1.82) is 0 Å². The lowest BCUT2D eigenvalue weighted by atomic mass is 9.87. The van der Waals surface area contributed by atoms with Crippen LogP contribution in [0.4, 0.5) is 4.79 Å². The fourth-order valence-corrected chi connectivity index (χ4v) is 3.01. The van der Waals surface area contributed by atoms with Crippen LogP contribution in [0.2, 0.25) is 0 Å². The van der Waals surface area contributed by atoms with Gasteiger partial charge in [0.05, 0.1) is 6.54 Å². The Hall–Kier alpha value is -2.82. The van der Waals surface area contributed by atoms with E-state index in [0.717, 1.165) is 28.0 Å². The molecule has 5 heteroatoms. The first-order valence-electron chi connectivity index (χ1n) is 7.86. The SMILES string of the molecule is C=C1C(C)=CC=CN1CC1(c2ccc(C)c(C)c2)NC(=O)NC1=O. The first-order chi connectivity index (χ1) is 11.3. The Balaban J connectivity index is 2.04. The van der Waals surface area contributed by atoms with E-state index in [1.807, 2.05) is 62.2 Å². The standard InChI is InChI=1S/C19H21N3O2/c1-12-7-8-16(10-14(12)3)19(17(23)20-18(24)21-19)11-22-9-5-6-13(2)15(22)4/h5-10H,4,11H2,1-3H3,(H2,20,21,23,24). The van der Waals surface area contributed by atoms with Crippen LogP contribution in [0.1, 0.15) is 23.6 Å². The van der Waals surface area contributed by atoms with Crippen LogP contribution in [0.3, 0.4) is 0 Å². The Kier molecular flexibility index (Phi) is 3.79. The van der Waals surface area contributed by atoms with E-state index in [9.17, 15) is 9.59 Å². The van der Waals surface area contributed by atoms with E-state index in [1.165, 1.54) is 0 Å². The smallest absolute Gasteiger partial charge is 0.322 e. The van der Waals surface area contributed by atoms with Gasteiger partial charge in [-0.25, -0.2) is 4.79 Å². The molecule has 0 aliphatic carbocycles. The van der Waals surface area contributed by atoms with E-state index in [2.05, 4.69) is 17.2 Å². The van der Waals surface area contributed by atoms with Crippen LogP contribution in [0.5, 0.6) is 0 Å². The van der Waals surface area contributed by atoms with E-state index in [1.54, 1.807) is 0 Å². The number of carbonyl (C=O) groups is 2. The van der Waals surface area contributed by atoms with Gasteiger partial charge < -0.3 is 10.2 Å². The fraction of sp³-hybridized carbons (Fsp3) is 0.263. The molecule has 0 aromatic heterocycles. The molecule has 1 unspecified atom stereocenters. The highest BCUT2D eigenvalue weighted by Crippen LogP contribution is 2.31. The first-order valence-corrected chi connectivity index (χ1v) is 7.86. The quantitative estimate of drug-likeness (QED) is 0.841. The van der Waals surface area contributed by atoms with Crippen LogP contribution in [-0.4, -0.2) is 23.4 Å². The molecule has 1 fully saturated rings. The summed E-state index contributed by atoms with van der Waals surface area (Å²) in [5.74, 6) is -0.343. The predicted octanol–water partition coefficient (Wildman–Crippen LogP) is 2.63. The minimum Gasteiger partial charge on any atom is -0.345 e. The summed E-state index contributed by atoms with van der Waals surface area (Å²) in [6.45, 7) is 10.3. The van der Waals surface area contributed by atoms with Crippen molar-refractivity contribution >= 4 is 11.9 Å². The summed E-state index contributed by atoms with van der Waals surface area (Å²) in [6.07, 6.45) is 5.75. The number of amides is 3. The summed E-state index contributed by atoms with van der Waals surface area (Å²) in [4.78, 5) is 26.4. The lowest BCUT2D eigenvalue weighted by Crippen LogP contribution is -2.51. The number of urea groups is 1. The monoisotopic (exact) mass is 323 g/mol. The average molecular weight is 323 g/mol. The number of carbonyl (C=O) groups excluding carboxylic acids is 2. The Labute approximate surface area is 141 Å². The van der Waals surface area contributed by atoms with Crippen LogP contribution in [0.15, 0.2) is 54.4 Å². The molecule has 1 atom stereocenters. The normalized spacial score (nSPS) is 23.2. The molecule has 24 heavy (non-hydrogen) atoms. The molecule has 2 N–H and O–H groups in total. The molecular formula is C19H21N3O2. The number of imide groups is 1. The minimum atomic E-state index is -1.14. The predicted molar refractivity (Wildman–Crippen MR) is 93.0 cm³/mol. The summed E-state index contributed by atoms with van der Waals surface area (Å²) in [5, 5.41) is 5.20. The van der Waals surface area contributed by atoms with Gasteiger partial charge in [0.15, 0.2) is 5.54 Å². The highest BCUT2D eigenvalue weighted by Gasteiger charge is 2.49. The summed E-state index contributed by atoms with van der Waals surface area (Å²) >= 11 is 0. The molecular weight excluding hydrogens is 302 g/mol. The Morgan fingerprint density at radius 2 is 1.92 bits per heavy atom. The van der Waals surface area contributed by atoms with Crippen LogP contribution in [0, 0.1) is 13.8 Å². The maximum absolute atomic E-state index is 12.7. The third-order valence-corrected chi connectivity index (χ3v) is 4.76. The van der Waals surface area contributed by atoms with Crippen LogP contribution < -0.4 is 10.6 Å². The fourth-order valence-electron chi connectivity index (χ4n) is 3.01. The van der Waals surface area contributed by atoms with Crippen LogP contribution in [0.25, 0.3) is 0 Å². The third-order valence-electron chi connectivity index (χ3n) is 4.76. The van der Waals surface area contributed by atoms with Gasteiger partial charge >= 0.3 is 6.03 Å². The lowest BCUT2D eigenvalue weighted by Gasteiger charge is -2.35. The molecule has 1 aromatic carbocycles. The highest BCUT2D eigenvalue weighted by molar-refractivity contribution is 6.07. The van der Waals surface area contributed by atoms with Crippen molar-refractivity contribution in [2.45, 2.75) is 26.3 Å². The number of benzene rings is 1. The molecule has 2 heterocycles. The van der Waals surface area contributed by atoms with Crippen molar-refractivity contribution < 1.29 is 9.59 Å². The van der Waals surface area contributed by atoms with Crippen molar-refractivity contribution in [3.63, 3.8) is 0 Å². The van der Waals surface area contributed by atoms with Gasteiger partial charge in [0.25, 0.3) is 5.91 Å². The molecule has 0 saturated carbocycles. The third kappa shape index (κ3) is 2.52. The summed E-state index contributed by atoms with van der Waals surface area (Å²) in [6, 6.07) is 5.35. The van der Waals surface area contributed by atoms with Crippen molar-refractivity contribution in [2.24, 2.45) is 0 Å². The van der Waals surface area contributed by atoms with Crippen LogP contribution >= 0.6 is 0 Å². The van der Waals surface area contributed by atoms with Gasteiger partial charge in [0.1, 0.15) is 0 Å². The molecule has 0 bridgehead atoms. The maximum atomic E-state index is 12.7. The molecule has 0 spiro atoms. The number of hydrogen-bond acceptors (Lipinski definition) is 3. The molecule has 0 radical (unpaired) electrons. The molecule has 3 amide bonds. The lowest BCUT2D eigenvalue weighted by molar-refractivity contribution is -0.124. The van der Waals surface area contributed by atoms with E-state index in [-0.39, 0.29) is 12.5 Å². The molecule has 5 nitrogen and oxygen atoms in total. The number of nitrogens with one attached hydrogen (secondary N) is 2. The summed E-state index contributed by atoms with van der Waals surface area (Å²) in [5.41, 5.74) is 3.68. The number of aryl methyl sites for hydroxylation is 2. The van der Waals surface area contributed by atoms with Gasteiger partial charge in [-0.3, -0.25) is 10.1 Å². The second kappa shape index (κ2) is 5.67. The van der Waals surface area contributed by atoms with E-state index in [4.69, 9.17) is 0 Å². The van der Waals surface area contributed by atoms with Crippen molar-refractivity contribution in [3.8, 4) is 0 Å². The Morgan fingerprint density at radius 1 is 1.17 bits per heavy atom. The molecule has 3 rings (SSSR count). The minimum absolute atomic E-state index is 0.285. The zero-order valence-electron chi connectivity index (χ0n) is 14.1. The van der Waals surface area contributed by atoms with Gasteiger partial charge in [-0.1, -0.05) is 30.9 Å². The Bertz CT molecular complexity index is 807. The van der Waals surface area contributed by atoms with E-state index < -0.39 is 11.6 Å². The van der Waals surface area contributed by atoms with E-state index >= 15 is 0 Å².